The molecule has 0 saturated heterocycles. The van der Waals surface area contributed by atoms with Gasteiger partial charge in [0, 0.05) is 22.7 Å². The van der Waals surface area contributed by atoms with Crippen LogP contribution in [0.1, 0.15) is 67.0 Å². The summed E-state index contributed by atoms with van der Waals surface area (Å²) in [6.07, 6.45) is 6.17. The Balaban J connectivity index is 1.63. The van der Waals surface area contributed by atoms with Gasteiger partial charge in [0.25, 0.3) is 0 Å². The third-order valence-electron chi connectivity index (χ3n) is 5.28. The standard InChI is InChI=1S/C21H25N3O3S/c1-3-26-20(25)19-17(16-11-7-8-12-18(16)27-19)13-28-21-23-22-14(2)24(21)15-9-5-4-6-10-15/h7-8,11-12,15H,3-6,9-10,13H2,1-2H3. The first kappa shape index (κ1) is 19.1. The van der Waals surface area contributed by atoms with E-state index in [-0.39, 0.29) is 5.76 Å². The van der Waals surface area contributed by atoms with Crippen LogP contribution in [0.25, 0.3) is 11.0 Å². The molecule has 6 nitrogen and oxygen atoms in total. The summed E-state index contributed by atoms with van der Waals surface area (Å²) in [6, 6.07) is 8.18. The molecule has 1 aliphatic rings. The quantitative estimate of drug-likeness (QED) is 0.413. The van der Waals surface area contributed by atoms with Gasteiger partial charge < -0.3 is 13.7 Å². The number of fused-ring (bicyclic) bond motifs is 1. The van der Waals surface area contributed by atoms with Crippen molar-refractivity contribution < 1.29 is 13.9 Å². The number of aryl methyl sites for hydroxylation is 1. The van der Waals surface area contributed by atoms with Crippen molar-refractivity contribution in [2.24, 2.45) is 0 Å². The van der Waals surface area contributed by atoms with Gasteiger partial charge in [-0.2, -0.15) is 0 Å². The van der Waals surface area contributed by atoms with Gasteiger partial charge in [0.2, 0.25) is 5.76 Å². The molecule has 0 aliphatic heterocycles. The van der Waals surface area contributed by atoms with Crippen molar-refractivity contribution in [3.8, 4) is 0 Å². The van der Waals surface area contributed by atoms with Crippen LogP contribution >= 0.6 is 11.8 Å². The monoisotopic (exact) mass is 399 g/mol. The number of ether oxygens (including phenoxy) is 1. The minimum atomic E-state index is -0.417. The van der Waals surface area contributed by atoms with Crippen molar-refractivity contribution in [2.75, 3.05) is 6.61 Å². The zero-order valence-electron chi connectivity index (χ0n) is 16.3. The highest BCUT2D eigenvalue weighted by Gasteiger charge is 2.24. The minimum Gasteiger partial charge on any atom is -0.460 e. The molecule has 7 heteroatoms. The van der Waals surface area contributed by atoms with Crippen molar-refractivity contribution in [3.05, 3.63) is 41.4 Å². The fraction of sp³-hybridized carbons (Fsp3) is 0.476. The van der Waals surface area contributed by atoms with Crippen molar-refractivity contribution in [3.63, 3.8) is 0 Å². The fourth-order valence-electron chi connectivity index (χ4n) is 3.95. The van der Waals surface area contributed by atoms with Crippen molar-refractivity contribution >= 4 is 28.7 Å². The van der Waals surface area contributed by atoms with Gasteiger partial charge in [0.15, 0.2) is 5.16 Å². The molecule has 1 fully saturated rings. The number of hydrogen-bond donors (Lipinski definition) is 0. The first-order valence-corrected chi connectivity index (χ1v) is 10.9. The highest BCUT2D eigenvalue weighted by molar-refractivity contribution is 7.98. The molecule has 2 heterocycles. The van der Waals surface area contributed by atoms with E-state index >= 15 is 0 Å². The van der Waals surface area contributed by atoms with Gasteiger partial charge in [0.05, 0.1) is 6.61 Å². The molecule has 0 amide bonds. The number of benzene rings is 1. The van der Waals surface area contributed by atoms with Crippen molar-refractivity contribution in [1.82, 2.24) is 14.8 Å². The van der Waals surface area contributed by atoms with Crippen LogP contribution in [0.5, 0.6) is 0 Å². The second-order valence-corrected chi connectivity index (χ2v) is 8.05. The summed E-state index contributed by atoms with van der Waals surface area (Å²) in [5.41, 5.74) is 1.56. The van der Waals surface area contributed by atoms with E-state index in [2.05, 4.69) is 14.8 Å². The first-order chi connectivity index (χ1) is 13.7. The smallest absolute Gasteiger partial charge is 0.374 e. The number of hydrogen-bond acceptors (Lipinski definition) is 6. The summed E-state index contributed by atoms with van der Waals surface area (Å²) in [6.45, 7) is 4.13. The molecule has 1 aliphatic carbocycles. The molecule has 0 bridgehead atoms. The van der Waals surface area contributed by atoms with Crippen LogP contribution in [0.15, 0.2) is 33.8 Å². The average Bonchev–Trinajstić information content (AvgIpc) is 3.27. The lowest BCUT2D eigenvalue weighted by molar-refractivity contribution is 0.0491. The van der Waals surface area contributed by atoms with Gasteiger partial charge in [-0.3, -0.25) is 0 Å². The maximum atomic E-state index is 12.4. The van der Waals surface area contributed by atoms with Gasteiger partial charge in [-0.05, 0) is 32.8 Å². The second kappa shape index (κ2) is 8.39. The molecule has 0 atom stereocenters. The number of carbonyl (C=O) groups excluding carboxylic acids is 1. The molecule has 2 aromatic heterocycles. The van der Waals surface area contributed by atoms with Gasteiger partial charge >= 0.3 is 5.97 Å². The Labute approximate surface area is 168 Å². The molecule has 1 saturated carbocycles. The Bertz CT molecular complexity index is 973. The topological polar surface area (TPSA) is 70.2 Å². The number of aromatic nitrogens is 3. The number of nitrogens with zero attached hydrogens (tertiary/aromatic N) is 3. The average molecular weight is 400 g/mol. The zero-order valence-corrected chi connectivity index (χ0v) is 17.1. The minimum absolute atomic E-state index is 0.288. The van der Waals surface area contributed by atoms with Crippen LogP contribution in [-0.4, -0.2) is 27.3 Å². The van der Waals surface area contributed by atoms with E-state index in [0.29, 0.717) is 24.0 Å². The largest absolute Gasteiger partial charge is 0.460 e. The molecule has 1 aromatic carbocycles. The fourth-order valence-corrected chi connectivity index (χ4v) is 5.03. The summed E-state index contributed by atoms with van der Waals surface area (Å²) in [5.74, 6) is 1.41. The molecule has 0 N–H and O–H groups in total. The molecule has 4 rings (SSSR count). The Kier molecular flexibility index (Phi) is 5.71. The van der Waals surface area contributed by atoms with Crippen LogP contribution in [-0.2, 0) is 10.5 Å². The van der Waals surface area contributed by atoms with Gasteiger partial charge in [-0.25, -0.2) is 4.79 Å². The Morgan fingerprint density at radius 3 is 2.82 bits per heavy atom. The molecular formula is C21H25N3O3S. The van der Waals surface area contributed by atoms with Gasteiger partial charge in [0.1, 0.15) is 11.4 Å². The predicted octanol–water partition coefficient (Wildman–Crippen LogP) is 5.31. The summed E-state index contributed by atoms with van der Waals surface area (Å²) < 4.78 is 13.3. The molecule has 0 spiro atoms. The highest BCUT2D eigenvalue weighted by atomic mass is 32.2. The van der Waals surface area contributed by atoms with Crippen LogP contribution in [0.4, 0.5) is 0 Å². The lowest BCUT2D eigenvalue weighted by Gasteiger charge is -2.25. The summed E-state index contributed by atoms with van der Waals surface area (Å²) in [7, 11) is 0. The third-order valence-corrected chi connectivity index (χ3v) is 6.25. The first-order valence-electron chi connectivity index (χ1n) is 9.91. The van der Waals surface area contributed by atoms with E-state index in [1.54, 1.807) is 18.7 Å². The second-order valence-electron chi connectivity index (χ2n) is 7.11. The number of para-hydroxylation sites is 1. The highest BCUT2D eigenvalue weighted by Crippen LogP contribution is 2.36. The van der Waals surface area contributed by atoms with Crippen molar-refractivity contribution in [1.29, 1.82) is 0 Å². The predicted molar refractivity (Wildman–Crippen MR) is 109 cm³/mol. The Hall–Kier alpha value is -2.28. The molecule has 0 radical (unpaired) electrons. The summed E-state index contributed by atoms with van der Waals surface area (Å²) in [4.78, 5) is 12.4. The lowest BCUT2D eigenvalue weighted by atomic mass is 9.95. The zero-order chi connectivity index (χ0) is 19.5. The number of esters is 1. The molecular weight excluding hydrogens is 374 g/mol. The van der Waals surface area contributed by atoms with Crippen molar-refractivity contribution in [2.45, 2.75) is 62.9 Å². The van der Waals surface area contributed by atoms with Crippen LogP contribution in [0.3, 0.4) is 0 Å². The van der Waals surface area contributed by atoms with Crippen LogP contribution in [0, 0.1) is 6.92 Å². The Morgan fingerprint density at radius 2 is 2.04 bits per heavy atom. The molecule has 148 valence electrons. The SMILES string of the molecule is CCOC(=O)c1oc2ccccc2c1CSc1nnc(C)n1C1CCCCC1. The number of furan rings is 1. The van der Waals surface area contributed by atoms with Gasteiger partial charge in [-0.15, -0.1) is 10.2 Å². The number of rotatable bonds is 6. The van der Waals surface area contributed by atoms with Crippen LogP contribution in [0.2, 0.25) is 0 Å². The summed E-state index contributed by atoms with van der Waals surface area (Å²) in [5, 5.41) is 10.6. The summed E-state index contributed by atoms with van der Waals surface area (Å²) >= 11 is 1.61. The van der Waals surface area contributed by atoms with E-state index < -0.39 is 5.97 Å². The third kappa shape index (κ3) is 3.68. The Morgan fingerprint density at radius 1 is 1.25 bits per heavy atom. The maximum Gasteiger partial charge on any atom is 0.374 e. The van der Waals surface area contributed by atoms with E-state index in [9.17, 15) is 4.79 Å². The van der Waals surface area contributed by atoms with Gasteiger partial charge in [-0.1, -0.05) is 49.2 Å². The van der Waals surface area contributed by atoms with E-state index in [4.69, 9.17) is 9.15 Å². The van der Waals surface area contributed by atoms with E-state index in [1.807, 2.05) is 31.2 Å². The van der Waals surface area contributed by atoms with Crippen LogP contribution < -0.4 is 0 Å². The normalized spacial score (nSPS) is 15.2. The molecule has 3 aromatic rings. The van der Waals surface area contributed by atoms with E-state index in [1.165, 1.54) is 32.1 Å². The maximum absolute atomic E-state index is 12.4. The number of thioether (sulfide) groups is 1. The number of carbonyl (C=O) groups is 1. The molecule has 28 heavy (non-hydrogen) atoms. The molecule has 0 unspecified atom stereocenters. The van der Waals surface area contributed by atoms with E-state index in [0.717, 1.165) is 21.9 Å². The lowest BCUT2D eigenvalue weighted by Crippen LogP contribution is -2.15.